The van der Waals surface area contributed by atoms with Crippen LogP contribution in [0.4, 0.5) is 10.1 Å². The fourth-order valence-corrected chi connectivity index (χ4v) is 1.61. The van der Waals surface area contributed by atoms with Crippen molar-refractivity contribution in [1.82, 2.24) is 0 Å². The first-order chi connectivity index (χ1) is 9.02. The minimum atomic E-state index is -1.27. The molecule has 0 atom stereocenters. The molecule has 0 saturated carbocycles. The highest BCUT2D eigenvalue weighted by atomic mass is 19.1. The van der Waals surface area contributed by atoms with E-state index in [1.807, 2.05) is 0 Å². The predicted octanol–water partition coefficient (Wildman–Crippen LogP) is 3.00. The van der Waals surface area contributed by atoms with E-state index in [0.717, 1.165) is 12.5 Å². The van der Waals surface area contributed by atoms with Gasteiger partial charge in [0.25, 0.3) is 0 Å². The maximum atomic E-state index is 13.4. The van der Waals surface area contributed by atoms with Crippen LogP contribution in [0.25, 0.3) is 0 Å². The molecule has 0 aromatic heterocycles. The maximum absolute atomic E-state index is 13.4. The van der Waals surface area contributed by atoms with E-state index < -0.39 is 11.8 Å². The summed E-state index contributed by atoms with van der Waals surface area (Å²) in [7, 11) is 0. The van der Waals surface area contributed by atoms with Gasteiger partial charge in [-0.15, -0.1) is 0 Å². The molecule has 4 nitrogen and oxygen atoms in total. The molecule has 0 saturated heterocycles. The molecule has 0 spiro atoms. The molecule has 106 valence electrons. The number of carboxylic acids is 1. The van der Waals surface area contributed by atoms with Gasteiger partial charge in [0.05, 0.1) is 5.69 Å². The van der Waals surface area contributed by atoms with Crippen LogP contribution in [0.3, 0.4) is 0 Å². The number of anilines is 1. The lowest BCUT2D eigenvalue weighted by atomic mass is 10.1. The van der Waals surface area contributed by atoms with E-state index in [1.54, 1.807) is 6.07 Å². The van der Waals surface area contributed by atoms with Crippen molar-refractivity contribution in [2.75, 3.05) is 25.1 Å². The summed E-state index contributed by atoms with van der Waals surface area (Å²) >= 11 is 0. The van der Waals surface area contributed by atoms with E-state index in [9.17, 15) is 9.18 Å². The van der Waals surface area contributed by atoms with Gasteiger partial charge in [-0.2, -0.15) is 0 Å². The van der Waals surface area contributed by atoms with Crippen molar-refractivity contribution in [2.24, 2.45) is 5.92 Å². The zero-order valence-corrected chi connectivity index (χ0v) is 11.3. The van der Waals surface area contributed by atoms with Crippen LogP contribution in [0, 0.1) is 11.7 Å². The Kier molecular flexibility index (Phi) is 6.29. The number of carbonyl (C=O) groups is 1. The Bertz CT molecular complexity index is 421. The standard InChI is InChI=1S/C14H20FNO3/c1-10(2)9-19-8-4-7-16-12-6-3-5-11(15)13(12)14(17)18/h3,5-6,10,16H,4,7-9H2,1-2H3,(H,17,18). The minimum absolute atomic E-state index is 0.302. The third-order valence-electron chi connectivity index (χ3n) is 2.46. The number of rotatable bonds is 8. The zero-order chi connectivity index (χ0) is 14.3. The first-order valence-electron chi connectivity index (χ1n) is 6.35. The molecule has 0 aliphatic heterocycles. The van der Waals surface area contributed by atoms with E-state index in [1.165, 1.54) is 6.07 Å². The van der Waals surface area contributed by atoms with Crippen LogP contribution >= 0.6 is 0 Å². The molecule has 0 fully saturated rings. The van der Waals surface area contributed by atoms with Gasteiger partial charge in [-0.3, -0.25) is 0 Å². The molecule has 1 rings (SSSR count). The van der Waals surface area contributed by atoms with Gasteiger partial charge >= 0.3 is 5.97 Å². The van der Waals surface area contributed by atoms with E-state index in [2.05, 4.69) is 19.2 Å². The van der Waals surface area contributed by atoms with E-state index in [4.69, 9.17) is 9.84 Å². The summed E-state index contributed by atoms with van der Waals surface area (Å²) in [6, 6.07) is 4.18. The van der Waals surface area contributed by atoms with Gasteiger partial charge in [0.15, 0.2) is 0 Å². The Hall–Kier alpha value is -1.62. The molecule has 19 heavy (non-hydrogen) atoms. The molecule has 1 aromatic carbocycles. The first kappa shape index (κ1) is 15.4. The second-order valence-corrected chi connectivity index (χ2v) is 4.72. The molecule has 0 amide bonds. The van der Waals surface area contributed by atoms with Gasteiger partial charge in [-0.05, 0) is 24.5 Å². The van der Waals surface area contributed by atoms with E-state index in [-0.39, 0.29) is 5.56 Å². The summed E-state index contributed by atoms with van der Waals surface area (Å²) in [5.41, 5.74) is -0.0121. The van der Waals surface area contributed by atoms with Gasteiger partial charge in [0.1, 0.15) is 11.4 Å². The van der Waals surface area contributed by atoms with Crippen LogP contribution in [0.1, 0.15) is 30.6 Å². The third kappa shape index (κ3) is 5.26. The molecule has 2 N–H and O–H groups in total. The van der Waals surface area contributed by atoms with Crippen LogP contribution in [-0.4, -0.2) is 30.8 Å². The Balaban J connectivity index is 2.41. The minimum Gasteiger partial charge on any atom is -0.478 e. The summed E-state index contributed by atoms with van der Waals surface area (Å²) in [6.45, 7) is 6.00. The van der Waals surface area contributed by atoms with Crippen LogP contribution in [-0.2, 0) is 4.74 Å². The highest BCUT2D eigenvalue weighted by Crippen LogP contribution is 2.18. The summed E-state index contributed by atoms with van der Waals surface area (Å²) in [6.07, 6.45) is 0.738. The monoisotopic (exact) mass is 269 g/mol. The van der Waals surface area contributed by atoms with Crippen LogP contribution in [0.15, 0.2) is 18.2 Å². The molecule has 5 heteroatoms. The number of aromatic carboxylic acids is 1. The highest BCUT2D eigenvalue weighted by molar-refractivity contribution is 5.94. The van der Waals surface area contributed by atoms with Crippen molar-refractivity contribution in [2.45, 2.75) is 20.3 Å². The summed E-state index contributed by atoms with van der Waals surface area (Å²) < 4.78 is 18.8. The van der Waals surface area contributed by atoms with Gasteiger partial charge in [-0.25, -0.2) is 9.18 Å². The fraction of sp³-hybridized carbons (Fsp3) is 0.500. The van der Waals surface area contributed by atoms with E-state index in [0.29, 0.717) is 31.4 Å². The lowest BCUT2D eigenvalue weighted by Gasteiger charge is -2.11. The number of benzene rings is 1. The average molecular weight is 269 g/mol. The van der Waals surface area contributed by atoms with Crippen molar-refractivity contribution < 1.29 is 19.0 Å². The Labute approximate surface area is 112 Å². The molecule has 0 unspecified atom stereocenters. The summed E-state index contributed by atoms with van der Waals surface area (Å²) in [5.74, 6) is -1.50. The SMILES string of the molecule is CC(C)COCCCNc1cccc(F)c1C(=O)O. The highest BCUT2D eigenvalue weighted by Gasteiger charge is 2.14. The smallest absolute Gasteiger partial charge is 0.340 e. The second-order valence-electron chi connectivity index (χ2n) is 4.72. The third-order valence-corrected chi connectivity index (χ3v) is 2.46. The van der Waals surface area contributed by atoms with Crippen molar-refractivity contribution in [1.29, 1.82) is 0 Å². The van der Waals surface area contributed by atoms with Crippen molar-refractivity contribution in [3.05, 3.63) is 29.6 Å². The Morgan fingerprint density at radius 2 is 2.21 bits per heavy atom. The molecule has 0 radical (unpaired) electrons. The number of hydrogen-bond donors (Lipinski definition) is 2. The van der Waals surface area contributed by atoms with Crippen molar-refractivity contribution in [3.8, 4) is 0 Å². The number of nitrogens with one attached hydrogen (secondary N) is 1. The van der Waals surface area contributed by atoms with Gasteiger partial charge in [0.2, 0.25) is 0 Å². The number of hydrogen-bond acceptors (Lipinski definition) is 3. The molecular formula is C14H20FNO3. The first-order valence-corrected chi connectivity index (χ1v) is 6.35. The van der Waals surface area contributed by atoms with Gasteiger partial charge in [0, 0.05) is 19.8 Å². The molecule has 0 aliphatic carbocycles. The maximum Gasteiger partial charge on any atom is 0.340 e. The molecule has 0 heterocycles. The summed E-state index contributed by atoms with van der Waals surface area (Å²) in [5, 5.41) is 11.9. The fourth-order valence-electron chi connectivity index (χ4n) is 1.61. The van der Waals surface area contributed by atoms with Crippen LogP contribution in [0.2, 0.25) is 0 Å². The zero-order valence-electron chi connectivity index (χ0n) is 11.3. The molecule has 0 aliphatic rings. The molecule has 0 bridgehead atoms. The molecule has 1 aromatic rings. The Morgan fingerprint density at radius 1 is 1.47 bits per heavy atom. The second kappa shape index (κ2) is 7.74. The topological polar surface area (TPSA) is 58.6 Å². The largest absolute Gasteiger partial charge is 0.478 e. The van der Waals surface area contributed by atoms with Gasteiger partial charge in [-0.1, -0.05) is 19.9 Å². The van der Waals surface area contributed by atoms with Crippen molar-refractivity contribution in [3.63, 3.8) is 0 Å². The Morgan fingerprint density at radius 3 is 2.84 bits per heavy atom. The number of carboxylic acid groups (broad SMARTS) is 1. The van der Waals surface area contributed by atoms with Crippen LogP contribution < -0.4 is 5.32 Å². The lowest BCUT2D eigenvalue weighted by molar-refractivity contribution is 0.0693. The van der Waals surface area contributed by atoms with Crippen LogP contribution in [0.5, 0.6) is 0 Å². The number of ether oxygens (including phenoxy) is 1. The van der Waals surface area contributed by atoms with E-state index >= 15 is 0 Å². The summed E-state index contributed by atoms with van der Waals surface area (Å²) in [4.78, 5) is 10.9. The average Bonchev–Trinajstić information content (AvgIpc) is 2.32. The molecular weight excluding hydrogens is 249 g/mol. The number of halogens is 1. The van der Waals surface area contributed by atoms with Gasteiger partial charge < -0.3 is 15.2 Å². The quantitative estimate of drug-likeness (QED) is 0.712. The normalized spacial score (nSPS) is 10.7. The predicted molar refractivity (Wildman–Crippen MR) is 72.1 cm³/mol. The lowest BCUT2D eigenvalue weighted by Crippen LogP contribution is -2.12. The van der Waals surface area contributed by atoms with Crippen molar-refractivity contribution >= 4 is 11.7 Å².